The molecular formula is C17H17F2N7O3. The Morgan fingerprint density at radius 3 is 2.72 bits per heavy atom. The summed E-state index contributed by atoms with van der Waals surface area (Å²) in [5.41, 5.74) is -0.298. The second-order valence-corrected chi connectivity index (χ2v) is 6.52. The van der Waals surface area contributed by atoms with Crippen molar-refractivity contribution >= 4 is 30.1 Å². The lowest BCUT2D eigenvalue weighted by Gasteiger charge is -2.21. The Bertz CT molecular complexity index is 914. The summed E-state index contributed by atoms with van der Waals surface area (Å²) < 4.78 is 36.3. The number of cyclic esters (lactones) is 1. The van der Waals surface area contributed by atoms with Gasteiger partial charge in [0.15, 0.2) is 11.6 Å². The lowest BCUT2D eigenvalue weighted by Crippen LogP contribution is -2.30. The molecule has 0 saturated carbocycles. The highest BCUT2D eigenvalue weighted by Gasteiger charge is 2.34. The van der Waals surface area contributed by atoms with Crippen LogP contribution in [0.5, 0.6) is 0 Å². The average molecular weight is 405 g/mol. The number of amides is 2. The molecule has 1 fully saturated rings. The molecule has 12 heteroatoms. The number of carbonyl (C=O) groups excluding carboxylic acids is 2. The first-order valence-electron chi connectivity index (χ1n) is 8.86. The van der Waals surface area contributed by atoms with Gasteiger partial charge in [-0.2, -0.15) is 5.10 Å². The number of hydrazone groups is 1. The van der Waals surface area contributed by atoms with Crippen molar-refractivity contribution < 1.29 is 23.1 Å². The molecule has 2 amide bonds. The van der Waals surface area contributed by atoms with E-state index in [9.17, 15) is 18.4 Å². The lowest BCUT2D eigenvalue weighted by atomic mass is 10.2. The molecule has 1 aromatic carbocycles. The Labute approximate surface area is 163 Å². The van der Waals surface area contributed by atoms with Gasteiger partial charge in [-0.1, -0.05) is 5.21 Å². The number of anilines is 2. The number of hydrogen-bond donors (Lipinski definition) is 0. The van der Waals surface area contributed by atoms with Gasteiger partial charge in [-0.25, -0.2) is 18.3 Å². The standard InChI is InChI=1S/C17H17F2N7O3/c18-14-7-12(25-10-13(29-17(25)28)9-24-4-1-20-22-24)8-15(19)16(14)26-6-5-23(11-27)3-2-21-26/h1-2,4,7-8,11,13H,3,5-6,9-10H2/t13-/m0/s1. The van der Waals surface area contributed by atoms with Crippen LogP contribution >= 0.6 is 0 Å². The first-order valence-corrected chi connectivity index (χ1v) is 8.86. The molecule has 3 heterocycles. The highest BCUT2D eigenvalue weighted by molar-refractivity contribution is 5.90. The molecule has 2 aliphatic rings. The van der Waals surface area contributed by atoms with Crippen molar-refractivity contribution in [1.82, 2.24) is 19.9 Å². The number of carbonyl (C=O) groups is 2. The van der Waals surface area contributed by atoms with Crippen molar-refractivity contribution in [3.63, 3.8) is 0 Å². The Balaban J connectivity index is 1.52. The molecule has 10 nitrogen and oxygen atoms in total. The maximum atomic E-state index is 14.8. The van der Waals surface area contributed by atoms with Crippen molar-refractivity contribution in [2.24, 2.45) is 5.10 Å². The normalized spacial score (nSPS) is 19.4. The molecule has 1 saturated heterocycles. The topological polar surface area (TPSA) is 96.2 Å². The van der Waals surface area contributed by atoms with E-state index < -0.39 is 23.8 Å². The van der Waals surface area contributed by atoms with Gasteiger partial charge in [-0.3, -0.25) is 14.7 Å². The minimum atomic E-state index is -0.871. The van der Waals surface area contributed by atoms with E-state index in [1.54, 1.807) is 6.20 Å². The van der Waals surface area contributed by atoms with Crippen LogP contribution in [0.4, 0.5) is 25.0 Å². The van der Waals surface area contributed by atoms with Gasteiger partial charge in [-0.05, 0) is 0 Å². The number of benzene rings is 1. The fourth-order valence-corrected chi connectivity index (χ4v) is 3.20. The molecule has 29 heavy (non-hydrogen) atoms. The summed E-state index contributed by atoms with van der Waals surface area (Å²) in [6, 6.07) is 2.13. The van der Waals surface area contributed by atoms with E-state index in [4.69, 9.17) is 4.74 Å². The number of aromatic nitrogens is 3. The van der Waals surface area contributed by atoms with Gasteiger partial charge in [-0.15, -0.1) is 5.10 Å². The van der Waals surface area contributed by atoms with Crippen molar-refractivity contribution in [1.29, 1.82) is 0 Å². The quantitative estimate of drug-likeness (QED) is 0.685. The summed E-state index contributed by atoms with van der Waals surface area (Å²) >= 11 is 0. The van der Waals surface area contributed by atoms with Crippen molar-refractivity contribution in [3.05, 3.63) is 36.2 Å². The summed E-state index contributed by atoms with van der Waals surface area (Å²) in [4.78, 5) is 25.7. The van der Waals surface area contributed by atoms with E-state index in [0.717, 1.165) is 22.0 Å². The zero-order chi connectivity index (χ0) is 20.4. The van der Waals surface area contributed by atoms with Gasteiger partial charge in [0.1, 0.15) is 11.8 Å². The summed E-state index contributed by atoms with van der Waals surface area (Å²) in [6.45, 7) is 1.06. The Morgan fingerprint density at radius 1 is 1.24 bits per heavy atom. The van der Waals surface area contributed by atoms with E-state index in [2.05, 4.69) is 15.4 Å². The third-order valence-electron chi connectivity index (χ3n) is 4.59. The van der Waals surface area contributed by atoms with Crippen LogP contribution < -0.4 is 9.91 Å². The third kappa shape index (κ3) is 3.86. The summed E-state index contributed by atoms with van der Waals surface area (Å²) in [6.07, 6.45) is 3.95. The van der Waals surface area contributed by atoms with Crippen LogP contribution in [-0.4, -0.2) is 70.9 Å². The fourth-order valence-electron chi connectivity index (χ4n) is 3.20. The predicted octanol–water partition coefficient (Wildman–Crippen LogP) is 0.846. The van der Waals surface area contributed by atoms with Crippen LogP contribution in [0.2, 0.25) is 0 Å². The van der Waals surface area contributed by atoms with E-state index in [-0.39, 0.29) is 44.1 Å². The molecule has 0 N–H and O–H groups in total. The molecule has 152 valence electrons. The Hall–Kier alpha value is -3.57. The molecule has 1 aromatic heterocycles. The molecule has 2 aromatic rings. The number of ether oxygens (including phenoxy) is 1. The van der Waals surface area contributed by atoms with E-state index >= 15 is 0 Å². The summed E-state index contributed by atoms with van der Waals surface area (Å²) in [7, 11) is 0. The van der Waals surface area contributed by atoms with Crippen LogP contribution in [0.3, 0.4) is 0 Å². The van der Waals surface area contributed by atoms with Crippen molar-refractivity contribution in [2.75, 3.05) is 36.1 Å². The highest BCUT2D eigenvalue weighted by atomic mass is 19.1. The molecule has 4 rings (SSSR count). The highest BCUT2D eigenvalue weighted by Crippen LogP contribution is 2.31. The van der Waals surface area contributed by atoms with Gasteiger partial charge >= 0.3 is 6.09 Å². The molecular weight excluding hydrogens is 388 g/mol. The van der Waals surface area contributed by atoms with Gasteiger partial charge in [0, 0.05) is 31.1 Å². The van der Waals surface area contributed by atoms with Gasteiger partial charge in [0.25, 0.3) is 0 Å². The van der Waals surface area contributed by atoms with Crippen LogP contribution in [0.25, 0.3) is 0 Å². The number of nitrogens with zero attached hydrogens (tertiary/aromatic N) is 7. The first-order chi connectivity index (χ1) is 14.0. The van der Waals surface area contributed by atoms with Crippen LogP contribution in [0.15, 0.2) is 29.6 Å². The number of halogens is 2. The molecule has 0 unspecified atom stereocenters. The van der Waals surface area contributed by atoms with Crippen LogP contribution in [0.1, 0.15) is 0 Å². The van der Waals surface area contributed by atoms with Crippen LogP contribution in [0, 0.1) is 11.6 Å². The van der Waals surface area contributed by atoms with E-state index in [1.165, 1.54) is 22.0 Å². The zero-order valence-corrected chi connectivity index (χ0v) is 15.2. The second-order valence-electron chi connectivity index (χ2n) is 6.52. The van der Waals surface area contributed by atoms with Crippen LogP contribution in [-0.2, 0) is 16.1 Å². The molecule has 0 radical (unpaired) electrons. The predicted molar refractivity (Wildman–Crippen MR) is 97.5 cm³/mol. The monoisotopic (exact) mass is 405 g/mol. The fraction of sp³-hybridized carbons (Fsp3) is 0.353. The van der Waals surface area contributed by atoms with Gasteiger partial charge in [0.2, 0.25) is 6.41 Å². The first kappa shape index (κ1) is 18.8. The van der Waals surface area contributed by atoms with E-state index in [1.807, 2.05) is 0 Å². The molecule has 1 atom stereocenters. The Morgan fingerprint density at radius 2 is 2.03 bits per heavy atom. The van der Waals surface area contributed by atoms with Gasteiger partial charge in [0.05, 0.1) is 38.1 Å². The number of rotatable bonds is 5. The molecule has 0 aliphatic carbocycles. The average Bonchev–Trinajstić information content (AvgIpc) is 3.25. The molecule has 0 spiro atoms. The summed E-state index contributed by atoms with van der Waals surface area (Å²) in [5, 5.41) is 12.7. The second kappa shape index (κ2) is 7.81. The third-order valence-corrected chi connectivity index (χ3v) is 4.59. The molecule has 0 bridgehead atoms. The zero-order valence-electron chi connectivity index (χ0n) is 15.2. The van der Waals surface area contributed by atoms with Crippen molar-refractivity contribution in [2.45, 2.75) is 12.6 Å². The van der Waals surface area contributed by atoms with Gasteiger partial charge < -0.3 is 9.64 Å². The van der Waals surface area contributed by atoms with E-state index in [0.29, 0.717) is 6.41 Å². The minimum Gasteiger partial charge on any atom is -0.442 e. The largest absolute Gasteiger partial charge is 0.442 e. The Kier molecular flexibility index (Phi) is 5.06. The summed E-state index contributed by atoms with van der Waals surface area (Å²) in [5.74, 6) is -1.74. The SMILES string of the molecule is O=CN1CC=NN(c2c(F)cc(N3C[C@H](Cn4ccnn4)OC3=O)cc2F)CC1. The smallest absolute Gasteiger partial charge is 0.414 e. The maximum absolute atomic E-state index is 14.8. The minimum absolute atomic E-state index is 0.0446. The molecule has 2 aliphatic heterocycles. The number of hydrogen-bond acceptors (Lipinski definition) is 7. The lowest BCUT2D eigenvalue weighted by molar-refractivity contribution is -0.117. The van der Waals surface area contributed by atoms with Crippen molar-refractivity contribution in [3.8, 4) is 0 Å². The maximum Gasteiger partial charge on any atom is 0.414 e.